The van der Waals surface area contributed by atoms with Gasteiger partial charge in [-0.15, -0.1) is 11.3 Å². The van der Waals surface area contributed by atoms with Gasteiger partial charge in [-0.25, -0.2) is 8.42 Å². The third kappa shape index (κ3) is 4.65. The lowest BCUT2D eigenvalue weighted by Gasteiger charge is -2.36. The molecule has 1 saturated carbocycles. The molecular formula is C18H29N3O3S2. The van der Waals surface area contributed by atoms with Crippen LogP contribution in [0.25, 0.3) is 0 Å². The third-order valence-electron chi connectivity index (χ3n) is 5.58. The second-order valence-corrected chi connectivity index (χ2v) is 10.4. The van der Waals surface area contributed by atoms with E-state index in [1.54, 1.807) is 17.5 Å². The zero-order valence-electron chi connectivity index (χ0n) is 15.4. The summed E-state index contributed by atoms with van der Waals surface area (Å²) in [6.07, 6.45) is 6.30. The van der Waals surface area contributed by atoms with Gasteiger partial charge < -0.3 is 5.32 Å². The number of piperazine rings is 1. The van der Waals surface area contributed by atoms with Crippen LogP contribution in [-0.4, -0.2) is 62.3 Å². The number of carbonyl (C=O) groups excluding carboxylic acids is 1. The summed E-state index contributed by atoms with van der Waals surface area (Å²) in [6, 6.07) is 3.19. The van der Waals surface area contributed by atoms with Gasteiger partial charge in [0.1, 0.15) is 4.21 Å². The van der Waals surface area contributed by atoms with Crippen molar-refractivity contribution in [2.75, 3.05) is 32.7 Å². The molecule has 1 aliphatic carbocycles. The zero-order valence-corrected chi connectivity index (χ0v) is 17.0. The second kappa shape index (κ2) is 8.82. The van der Waals surface area contributed by atoms with Crippen molar-refractivity contribution in [2.24, 2.45) is 5.92 Å². The highest BCUT2D eigenvalue weighted by Gasteiger charge is 2.32. The number of thiophene rings is 1. The second-order valence-electron chi connectivity index (χ2n) is 7.30. The fourth-order valence-corrected chi connectivity index (χ4v) is 6.39. The van der Waals surface area contributed by atoms with E-state index in [9.17, 15) is 13.2 Å². The summed E-state index contributed by atoms with van der Waals surface area (Å²) in [4.78, 5) is 14.5. The number of sulfonamides is 1. The number of rotatable bonds is 6. The van der Waals surface area contributed by atoms with Crippen molar-refractivity contribution >= 4 is 27.3 Å². The lowest BCUT2D eigenvalue weighted by atomic mass is 9.89. The number of nitrogens with zero attached hydrogens (tertiary/aromatic N) is 2. The topological polar surface area (TPSA) is 69.7 Å². The number of nitrogens with one attached hydrogen (secondary N) is 1. The molecule has 3 rings (SSSR count). The first-order chi connectivity index (χ1) is 12.5. The number of amides is 1. The molecule has 8 heteroatoms. The van der Waals surface area contributed by atoms with Crippen LogP contribution in [0.15, 0.2) is 21.7 Å². The van der Waals surface area contributed by atoms with Crippen LogP contribution in [0.1, 0.15) is 39.0 Å². The summed E-state index contributed by atoms with van der Waals surface area (Å²) in [6.45, 7) is 4.72. The highest BCUT2D eigenvalue weighted by molar-refractivity contribution is 7.91. The van der Waals surface area contributed by atoms with E-state index in [1.807, 2.05) is 6.92 Å². The first kappa shape index (κ1) is 19.8. The standard InChI is InChI=1S/C18H29N3O3S2/c1-15(18(22)19-14-16-6-3-2-4-7-16)20-9-11-21(12-10-20)26(23,24)17-8-5-13-25-17/h5,8,13,15-16H,2-4,6-7,9-12,14H2,1H3,(H,19,22)/t15-/m1/s1. The van der Waals surface area contributed by atoms with Crippen molar-refractivity contribution in [1.29, 1.82) is 0 Å². The van der Waals surface area contributed by atoms with Crippen LogP contribution in [0, 0.1) is 5.92 Å². The smallest absolute Gasteiger partial charge is 0.252 e. The third-order valence-corrected chi connectivity index (χ3v) is 8.85. The fourth-order valence-electron chi connectivity index (χ4n) is 3.82. The molecule has 1 N–H and O–H groups in total. The Kier molecular flexibility index (Phi) is 6.71. The van der Waals surface area contributed by atoms with Crippen LogP contribution in [0.5, 0.6) is 0 Å². The van der Waals surface area contributed by atoms with Gasteiger partial charge in [0.15, 0.2) is 0 Å². The molecule has 146 valence electrons. The van der Waals surface area contributed by atoms with Gasteiger partial charge in [0, 0.05) is 32.7 Å². The van der Waals surface area contributed by atoms with Gasteiger partial charge in [-0.1, -0.05) is 25.3 Å². The van der Waals surface area contributed by atoms with Crippen molar-refractivity contribution in [3.05, 3.63) is 17.5 Å². The lowest BCUT2D eigenvalue weighted by molar-refractivity contribution is -0.126. The molecular weight excluding hydrogens is 370 g/mol. The largest absolute Gasteiger partial charge is 0.354 e. The summed E-state index contributed by atoms with van der Waals surface area (Å²) in [7, 11) is -3.39. The van der Waals surface area contributed by atoms with Gasteiger partial charge in [0.05, 0.1) is 6.04 Å². The maximum atomic E-state index is 12.6. The van der Waals surface area contributed by atoms with Crippen LogP contribution < -0.4 is 5.32 Å². The Labute approximate surface area is 160 Å². The van der Waals surface area contributed by atoms with Gasteiger partial charge in [0.2, 0.25) is 5.91 Å². The summed E-state index contributed by atoms with van der Waals surface area (Å²) in [5, 5.41) is 4.88. The molecule has 6 nitrogen and oxygen atoms in total. The Hall–Kier alpha value is -0.960. The van der Waals surface area contributed by atoms with E-state index in [4.69, 9.17) is 0 Å². The molecule has 26 heavy (non-hydrogen) atoms. The monoisotopic (exact) mass is 399 g/mol. The number of carbonyl (C=O) groups is 1. The van der Waals surface area contributed by atoms with Gasteiger partial charge in [0.25, 0.3) is 10.0 Å². The molecule has 2 aliphatic rings. The SMILES string of the molecule is C[C@H](C(=O)NCC1CCCCC1)N1CCN(S(=O)(=O)c2cccs2)CC1. The number of hydrogen-bond donors (Lipinski definition) is 1. The average molecular weight is 400 g/mol. The maximum absolute atomic E-state index is 12.6. The quantitative estimate of drug-likeness (QED) is 0.796. The maximum Gasteiger partial charge on any atom is 0.252 e. The van der Waals surface area contributed by atoms with Crippen LogP contribution in [-0.2, 0) is 14.8 Å². The average Bonchev–Trinajstić information content (AvgIpc) is 3.22. The van der Waals surface area contributed by atoms with E-state index >= 15 is 0 Å². The normalized spacial score (nSPS) is 22.2. The highest BCUT2D eigenvalue weighted by atomic mass is 32.2. The van der Waals surface area contributed by atoms with Crippen LogP contribution in [0.3, 0.4) is 0 Å². The van der Waals surface area contributed by atoms with Gasteiger partial charge in [-0.05, 0) is 37.1 Å². The first-order valence-electron chi connectivity index (χ1n) is 9.54. The molecule has 1 amide bonds. The molecule has 0 radical (unpaired) electrons. The van der Waals surface area contributed by atoms with Gasteiger partial charge in [-0.3, -0.25) is 9.69 Å². The van der Waals surface area contributed by atoms with E-state index in [-0.39, 0.29) is 11.9 Å². The van der Waals surface area contributed by atoms with Crippen molar-refractivity contribution in [3.8, 4) is 0 Å². The summed E-state index contributed by atoms with van der Waals surface area (Å²) >= 11 is 1.25. The minimum atomic E-state index is -3.39. The molecule has 0 unspecified atom stereocenters. The molecule has 1 aliphatic heterocycles. The van der Waals surface area contributed by atoms with E-state index in [0.29, 0.717) is 36.3 Å². The zero-order chi connectivity index (χ0) is 18.6. The molecule has 2 heterocycles. The van der Waals surface area contributed by atoms with Crippen LogP contribution in [0.4, 0.5) is 0 Å². The van der Waals surface area contributed by atoms with Crippen molar-refractivity contribution < 1.29 is 13.2 Å². The van der Waals surface area contributed by atoms with Crippen molar-refractivity contribution in [3.63, 3.8) is 0 Å². The summed E-state index contributed by atoms with van der Waals surface area (Å²) in [5.41, 5.74) is 0. The van der Waals surface area contributed by atoms with E-state index < -0.39 is 10.0 Å². The molecule has 1 aromatic heterocycles. The molecule has 2 fully saturated rings. The van der Waals surface area contributed by atoms with Crippen LogP contribution in [0.2, 0.25) is 0 Å². The molecule has 1 aromatic rings. The Morgan fingerprint density at radius 2 is 1.92 bits per heavy atom. The Bertz CT molecular complexity index is 677. The molecule has 0 bridgehead atoms. The summed E-state index contributed by atoms with van der Waals surface area (Å²) < 4.78 is 27.1. The highest BCUT2D eigenvalue weighted by Crippen LogP contribution is 2.24. The van der Waals surface area contributed by atoms with Gasteiger partial charge in [-0.2, -0.15) is 4.31 Å². The minimum absolute atomic E-state index is 0.0603. The first-order valence-corrected chi connectivity index (χ1v) is 11.9. The Balaban J connectivity index is 1.47. The van der Waals surface area contributed by atoms with E-state index in [1.165, 1.54) is 47.7 Å². The molecule has 1 saturated heterocycles. The van der Waals surface area contributed by atoms with Gasteiger partial charge >= 0.3 is 0 Å². The summed E-state index contributed by atoms with van der Waals surface area (Å²) in [5.74, 6) is 0.679. The van der Waals surface area contributed by atoms with Crippen molar-refractivity contribution in [1.82, 2.24) is 14.5 Å². The molecule has 0 aromatic carbocycles. The van der Waals surface area contributed by atoms with Crippen molar-refractivity contribution in [2.45, 2.75) is 49.3 Å². The van der Waals surface area contributed by atoms with E-state index in [0.717, 1.165) is 6.54 Å². The fraction of sp³-hybridized carbons (Fsp3) is 0.722. The number of hydrogen-bond acceptors (Lipinski definition) is 5. The van der Waals surface area contributed by atoms with Crippen LogP contribution >= 0.6 is 11.3 Å². The predicted molar refractivity (Wildman–Crippen MR) is 104 cm³/mol. The minimum Gasteiger partial charge on any atom is -0.354 e. The molecule has 0 spiro atoms. The Morgan fingerprint density at radius 3 is 2.54 bits per heavy atom. The Morgan fingerprint density at radius 1 is 1.23 bits per heavy atom. The predicted octanol–water partition coefficient (Wildman–Crippen LogP) is 2.14. The lowest BCUT2D eigenvalue weighted by Crippen LogP contribution is -2.55. The van der Waals surface area contributed by atoms with E-state index in [2.05, 4.69) is 10.2 Å². The molecule has 1 atom stereocenters.